The lowest BCUT2D eigenvalue weighted by atomic mass is 9.82. The van der Waals surface area contributed by atoms with Crippen LogP contribution in [0.15, 0.2) is 267 Å². The van der Waals surface area contributed by atoms with Gasteiger partial charge < -0.3 is 14.5 Å². The van der Waals surface area contributed by atoms with E-state index >= 15 is 0 Å². The van der Waals surface area contributed by atoms with E-state index in [0.717, 1.165) is 89.6 Å². The molecule has 0 saturated carbocycles. The summed E-state index contributed by atoms with van der Waals surface area (Å²) in [7, 11) is 0. The van der Waals surface area contributed by atoms with Crippen molar-refractivity contribution in [1.82, 2.24) is 0 Å². The molecule has 0 N–H and O–H groups in total. The fraction of sp³-hybridized carbons (Fsp3) is 0.0423. The van der Waals surface area contributed by atoms with Crippen LogP contribution in [0.3, 0.4) is 0 Å². The molecule has 0 unspecified atom stereocenters. The molecular weight excluding hydrogens is 897 g/mol. The largest absolute Gasteiger partial charge is 0.455 e. The van der Waals surface area contributed by atoms with Crippen LogP contribution in [0.1, 0.15) is 25.0 Å². The van der Waals surface area contributed by atoms with E-state index < -0.39 is 0 Å². The van der Waals surface area contributed by atoms with Crippen LogP contribution in [0, 0.1) is 0 Å². The van der Waals surface area contributed by atoms with Gasteiger partial charge in [0.15, 0.2) is 0 Å². The Morgan fingerprint density at radius 1 is 0.311 bits per heavy atom. The molecule has 1 aliphatic carbocycles. The summed E-state index contributed by atoms with van der Waals surface area (Å²) in [6.07, 6.45) is 0. The molecule has 12 aromatic carbocycles. The highest BCUT2D eigenvalue weighted by molar-refractivity contribution is 6.09. The molecule has 0 bridgehead atoms. The van der Waals surface area contributed by atoms with E-state index in [1.165, 1.54) is 44.3 Å². The Balaban J connectivity index is 0.894. The molecular formula is C71H50N2O. The van der Waals surface area contributed by atoms with Crippen molar-refractivity contribution in [2.45, 2.75) is 19.3 Å². The summed E-state index contributed by atoms with van der Waals surface area (Å²) in [5.41, 5.74) is 20.8. The number of hydrogen-bond donors (Lipinski definition) is 0. The van der Waals surface area contributed by atoms with E-state index in [1.54, 1.807) is 0 Å². The maximum absolute atomic E-state index is 7.23. The van der Waals surface area contributed by atoms with Crippen molar-refractivity contribution in [1.29, 1.82) is 0 Å². The molecule has 3 nitrogen and oxygen atoms in total. The van der Waals surface area contributed by atoms with Gasteiger partial charge in [0.1, 0.15) is 11.5 Å². The zero-order valence-corrected chi connectivity index (χ0v) is 41.2. The Morgan fingerprint density at radius 3 is 1.58 bits per heavy atom. The number of anilines is 6. The highest BCUT2D eigenvalue weighted by Gasteiger charge is 2.36. The van der Waals surface area contributed by atoms with Gasteiger partial charge in [-0.25, -0.2) is 0 Å². The lowest BCUT2D eigenvalue weighted by Crippen LogP contribution is -2.15. The molecule has 0 aromatic heterocycles. The maximum atomic E-state index is 7.23. The van der Waals surface area contributed by atoms with Crippen LogP contribution in [0.25, 0.3) is 77.2 Å². The summed E-state index contributed by atoms with van der Waals surface area (Å²) < 4.78 is 7.23. The van der Waals surface area contributed by atoms with Gasteiger partial charge in [0.05, 0.1) is 5.69 Å². The third-order valence-electron chi connectivity index (χ3n) is 15.4. The molecule has 350 valence electrons. The van der Waals surface area contributed by atoms with E-state index in [-0.39, 0.29) is 5.41 Å². The minimum atomic E-state index is -0.101. The molecule has 0 radical (unpaired) electrons. The summed E-state index contributed by atoms with van der Waals surface area (Å²) in [6, 6.07) is 97.0. The van der Waals surface area contributed by atoms with Crippen molar-refractivity contribution in [2.75, 3.05) is 9.80 Å². The molecule has 0 spiro atoms. The molecule has 2 aliphatic rings. The van der Waals surface area contributed by atoms with Crippen molar-refractivity contribution in [3.05, 3.63) is 278 Å². The van der Waals surface area contributed by atoms with Gasteiger partial charge in [0, 0.05) is 55.8 Å². The second kappa shape index (κ2) is 17.4. The van der Waals surface area contributed by atoms with Crippen molar-refractivity contribution >= 4 is 55.7 Å². The van der Waals surface area contributed by atoms with Crippen LogP contribution in [0.2, 0.25) is 0 Å². The van der Waals surface area contributed by atoms with E-state index in [4.69, 9.17) is 4.74 Å². The average Bonchev–Trinajstić information content (AvgIpc) is 3.72. The van der Waals surface area contributed by atoms with Crippen molar-refractivity contribution in [3.63, 3.8) is 0 Å². The first-order valence-electron chi connectivity index (χ1n) is 25.6. The molecule has 12 aromatic rings. The van der Waals surface area contributed by atoms with E-state index in [1.807, 2.05) is 0 Å². The van der Waals surface area contributed by atoms with Crippen LogP contribution in [0.5, 0.6) is 11.5 Å². The van der Waals surface area contributed by atoms with Gasteiger partial charge in [-0.05, 0) is 151 Å². The number of rotatable bonds is 9. The highest BCUT2D eigenvalue weighted by Crippen LogP contribution is 2.54. The molecule has 1 aliphatic heterocycles. The number of hydrogen-bond acceptors (Lipinski definition) is 3. The number of nitrogens with zero attached hydrogens (tertiary/aromatic N) is 2. The smallest absolute Gasteiger partial charge is 0.143 e. The third-order valence-corrected chi connectivity index (χ3v) is 15.4. The second-order valence-electron chi connectivity index (χ2n) is 20.1. The average molecular weight is 947 g/mol. The van der Waals surface area contributed by atoms with Crippen LogP contribution >= 0.6 is 0 Å². The second-order valence-corrected chi connectivity index (χ2v) is 20.1. The molecule has 0 fully saturated rings. The van der Waals surface area contributed by atoms with Gasteiger partial charge in [-0.1, -0.05) is 196 Å². The molecule has 0 atom stereocenters. The molecule has 1 heterocycles. The first-order chi connectivity index (χ1) is 36.4. The van der Waals surface area contributed by atoms with E-state index in [9.17, 15) is 0 Å². The monoisotopic (exact) mass is 946 g/mol. The van der Waals surface area contributed by atoms with Gasteiger partial charge >= 0.3 is 0 Å². The predicted molar refractivity (Wildman–Crippen MR) is 310 cm³/mol. The predicted octanol–water partition coefficient (Wildman–Crippen LogP) is 20.0. The van der Waals surface area contributed by atoms with Gasteiger partial charge in [0.2, 0.25) is 0 Å². The SMILES string of the molecule is CC1(C)c2ccccc2-c2cc(N(c3ccc(-c4ccccc4)cc3)c3cc(-c4cc5c6c(cccc6c4)-c4cccc(-c6ccc(N(c7ccccc7)c7ccccc7)cc6)c4O5)cc4ccccc34)ccc21. The summed E-state index contributed by atoms with van der Waals surface area (Å²) in [5.74, 6) is 1.72. The Bertz CT molecular complexity index is 4070. The van der Waals surface area contributed by atoms with Crippen LogP contribution in [-0.4, -0.2) is 0 Å². The first kappa shape index (κ1) is 43.4. The standard InChI is InChI=1S/C71H50N2O/c1-71(2)65-31-15-14-27-61(65)64-46-58(40-41-66(64)71)73(57-36-32-48(33-37-57)47-18-6-3-7-19-47)67-44-52(42-50-20-12-13-26-59(50)67)53-43-51-21-16-29-62-63-30-17-28-60(70(63)74-68(45-53)69(51)62)49-34-38-56(39-35-49)72(54-22-8-4-9-23-54)55-24-10-5-11-25-55/h3-46H,1-2H3. The molecule has 74 heavy (non-hydrogen) atoms. The topological polar surface area (TPSA) is 15.7 Å². The van der Waals surface area contributed by atoms with Crippen LogP contribution in [-0.2, 0) is 5.41 Å². The summed E-state index contributed by atoms with van der Waals surface area (Å²) >= 11 is 0. The minimum absolute atomic E-state index is 0.101. The molecule has 0 amide bonds. The molecule has 14 rings (SSSR count). The van der Waals surface area contributed by atoms with Gasteiger partial charge in [-0.2, -0.15) is 0 Å². The normalized spacial score (nSPS) is 12.7. The summed E-state index contributed by atoms with van der Waals surface area (Å²) in [6.45, 7) is 4.70. The quantitative estimate of drug-likeness (QED) is 0.143. The lowest BCUT2D eigenvalue weighted by molar-refractivity contribution is 0.489. The lowest BCUT2D eigenvalue weighted by Gasteiger charge is -2.29. The number of fused-ring (bicyclic) bond motifs is 6. The summed E-state index contributed by atoms with van der Waals surface area (Å²) in [5, 5.41) is 4.60. The third kappa shape index (κ3) is 7.19. The van der Waals surface area contributed by atoms with Crippen molar-refractivity contribution in [2.24, 2.45) is 0 Å². The Hall–Kier alpha value is -9.44. The van der Waals surface area contributed by atoms with E-state index in [2.05, 4.69) is 291 Å². The zero-order valence-electron chi connectivity index (χ0n) is 41.2. The highest BCUT2D eigenvalue weighted by atomic mass is 16.5. The number of ether oxygens (including phenoxy) is 1. The molecule has 3 heteroatoms. The van der Waals surface area contributed by atoms with Crippen molar-refractivity contribution < 1.29 is 4.74 Å². The number of para-hydroxylation sites is 3. The zero-order chi connectivity index (χ0) is 49.3. The van der Waals surface area contributed by atoms with Gasteiger partial charge in [-0.15, -0.1) is 0 Å². The Kier molecular flexibility index (Phi) is 10.2. The van der Waals surface area contributed by atoms with Gasteiger partial charge in [-0.3, -0.25) is 0 Å². The minimum Gasteiger partial charge on any atom is -0.455 e. The fourth-order valence-corrected chi connectivity index (χ4v) is 11.8. The van der Waals surface area contributed by atoms with Crippen LogP contribution in [0.4, 0.5) is 34.1 Å². The number of benzene rings is 12. The summed E-state index contributed by atoms with van der Waals surface area (Å²) in [4.78, 5) is 4.75. The van der Waals surface area contributed by atoms with Gasteiger partial charge in [0.25, 0.3) is 0 Å². The Morgan fingerprint density at radius 2 is 0.824 bits per heavy atom. The molecule has 0 saturated heterocycles. The first-order valence-corrected chi connectivity index (χ1v) is 25.6. The maximum Gasteiger partial charge on any atom is 0.143 e. The fourth-order valence-electron chi connectivity index (χ4n) is 11.8. The van der Waals surface area contributed by atoms with Crippen molar-refractivity contribution in [3.8, 4) is 67.1 Å². The van der Waals surface area contributed by atoms with E-state index in [0.29, 0.717) is 0 Å². The Labute approximate surface area is 432 Å². The van der Waals surface area contributed by atoms with Crippen LogP contribution < -0.4 is 14.5 Å².